The van der Waals surface area contributed by atoms with Crippen LogP contribution in [0.15, 0.2) is 70.5 Å². The number of carbonyl (C=O) groups is 2. The van der Waals surface area contributed by atoms with Crippen molar-refractivity contribution in [1.82, 2.24) is 0 Å². The molecule has 152 valence electrons. The highest BCUT2D eigenvalue weighted by molar-refractivity contribution is 7.91. The van der Waals surface area contributed by atoms with Crippen LogP contribution in [-0.2, 0) is 9.84 Å². The second-order valence-electron chi connectivity index (χ2n) is 7.68. The molecule has 30 heavy (non-hydrogen) atoms. The standard InChI is InChI=1S/C24H21NO4S/c1-14(2)25-19-12-13-20(30(28,29)16-10-8-15(3)9-11-16)22-21(19)23(26)17-6-4-5-7-18(17)24(22)27/h4-14,25H,1-3H3. The first kappa shape index (κ1) is 20.0. The molecule has 0 radical (unpaired) electrons. The van der Waals surface area contributed by atoms with E-state index >= 15 is 0 Å². The average Bonchev–Trinajstić information content (AvgIpc) is 2.71. The van der Waals surface area contributed by atoms with Crippen molar-refractivity contribution in [2.24, 2.45) is 0 Å². The first-order valence-electron chi connectivity index (χ1n) is 9.65. The number of rotatable bonds is 4. The number of benzene rings is 3. The summed E-state index contributed by atoms with van der Waals surface area (Å²) in [6.07, 6.45) is 0. The Morgan fingerprint density at radius 2 is 1.33 bits per heavy atom. The molecule has 0 heterocycles. The molecule has 1 aliphatic rings. The molecular formula is C24H21NO4S. The number of hydrogen-bond donors (Lipinski definition) is 1. The smallest absolute Gasteiger partial charge is 0.207 e. The lowest BCUT2D eigenvalue weighted by Crippen LogP contribution is -2.26. The average molecular weight is 420 g/mol. The van der Waals surface area contributed by atoms with Crippen LogP contribution in [-0.4, -0.2) is 26.0 Å². The van der Waals surface area contributed by atoms with Crippen molar-refractivity contribution in [1.29, 1.82) is 0 Å². The molecule has 3 aromatic rings. The van der Waals surface area contributed by atoms with Gasteiger partial charge < -0.3 is 5.32 Å². The molecule has 1 N–H and O–H groups in total. The fourth-order valence-corrected chi connectivity index (χ4v) is 5.15. The Hall–Kier alpha value is -3.25. The number of sulfone groups is 1. The molecule has 0 saturated carbocycles. The van der Waals surface area contributed by atoms with Gasteiger partial charge in [-0.05, 0) is 45.0 Å². The Bertz CT molecular complexity index is 1290. The van der Waals surface area contributed by atoms with Crippen LogP contribution in [0.25, 0.3) is 0 Å². The first-order chi connectivity index (χ1) is 14.2. The van der Waals surface area contributed by atoms with Crippen molar-refractivity contribution in [3.8, 4) is 0 Å². The maximum absolute atomic E-state index is 13.4. The zero-order valence-corrected chi connectivity index (χ0v) is 17.7. The van der Waals surface area contributed by atoms with Gasteiger partial charge in [0.05, 0.1) is 20.9 Å². The van der Waals surface area contributed by atoms with Crippen molar-refractivity contribution in [2.75, 3.05) is 5.32 Å². The fourth-order valence-electron chi connectivity index (χ4n) is 3.69. The number of hydrogen-bond acceptors (Lipinski definition) is 5. The molecular weight excluding hydrogens is 398 g/mol. The van der Waals surface area contributed by atoms with Gasteiger partial charge in [-0.1, -0.05) is 42.0 Å². The number of fused-ring (bicyclic) bond motifs is 2. The Balaban J connectivity index is 2.02. The van der Waals surface area contributed by atoms with Gasteiger partial charge in [0.1, 0.15) is 0 Å². The maximum atomic E-state index is 13.4. The zero-order valence-electron chi connectivity index (χ0n) is 16.9. The van der Waals surface area contributed by atoms with Crippen LogP contribution in [0.5, 0.6) is 0 Å². The van der Waals surface area contributed by atoms with Crippen LogP contribution in [0.3, 0.4) is 0 Å². The molecule has 0 fully saturated rings. The van der Waals surface area contributed by atoms with E-state index in [1.807, 2.05) is 20.8 Å². The molecule has 0 amide bonds. The van der Waals surface area contributed by atoms with Crippen molar-refractivity contribution in [2.45, 2.75) is 36.6 Å². The summed E-state index contributed by atoms with van der Waals surface area (Å²) in [5.74, 6) is -0.817. The normalized spacial score (nSPS) is 13.2. The van der Waals surface area contributed by atoms with Crippen LogP contribution in [0.2, 0.25) is 0 Å². The quantitative estimate of drug-likeness (QED) is 0.530. The van der Waals surface area contributed by atoms with Crippen LogP contribution in [0, 0.1) is 6.92 Å². The van der Waals surface area contributed by atoms with Gasteiger partial charge in [-0.25, -0.2) is 8.42 Å². The Morgan fingerprint density at radius 1 is 0.767 bits per heavy atom. The molecule has 0 saturated heterocycles. The lowest BCUT2D eigenvalue weighted by atomic mass is 9.83. The molecule has 0 unspecified atom stereocenters. The van der Waals surface area contributed by atoms with E-state index in [2.05, 4.69) is 5.32 Å². The SMILES string of the molecule is Cc1ccc(S(=O)(=O)c2ccc(NC(C)C)c3c2C(=O)c2ccccc2C3=O)cc1. The van der Waals surface area contributed by atoms with Crippen molar-refractivity contribution >= 4 is 27.1 Å². The first-order valence-corrected chi connectivity index (χ1v) is 11.1. The van der Waals surface area contributed by atoms with Gasteiger partial charge in [-0.3, -0.25) is 9.59 Å². The molecule has 5 nitrogen and oxygen atoms in total. The maximum Gasteiger partial charge on any atom is 0.207 e. The third kappa shape index (κ3) is 3.13. The molecule has 0 aliphatic heterocycles. The minimum Gasteiger partial charge on any atom is -0.382 e. The molecule has 6 heteroatoms. The number of nitrogens with one attached hydrogen (secondary N) is 1. The summed E-state index contributed by atoms with van der Waals surface area (Å²) in [5.41, 5.74) is 1.93. The predicted octanol–water partition coefficient (Wildman–Crippen LogP) is 4.42. The summed E-state index contributed by atoms with van der Waals surface area (Å²) in [4.78, 5) is 26.7. The van der Waals surface area contributed by atoms with Gasteiger partial charge >= 0.3 is 0 Å². The highest BCUT2D eigenvalue weighted by Crippen LogP contribution is 2.38. The highest BCUT2D eigenvalue weighted by atomic mass is 32.2. The van der Waals surface area contributed by atoms with E-state index in [9.17, 15) is 18.0 Å². The predicted molar refractivity (Wildman–Crippen MR) is 115 cm³/mol. The third-order valence-corrected chi connectivity index (χ3v) is 6.91. The Morgan fingerprint density at radius 3 is 1.90 bits per heavy atom. The summed E-state index contributed by atoms with van der Waals surface area (Å²) >= 11 is 0. The number of anilines is 1. The largest absolute Gasteiger partial charge is 0.382 e. The second-order valence-corrected chi connectivity index (χ2v) is 9.60. The highest BCUT2D eigenvalue weighted by Gasteiger charge is 2.37. The number of carbonyl (C=O) groups excluding carboxylic acids is 2. The number of aryl methyl sites for hydroxylation is 1. The second kappa shape index (κ2) is 7.22. The monoisotopic (exact) mass is 419 g/mol. The lowest BCUT2D eigenvalue weighted by Gasteiger charge is -2.24. The molecule has 0 spiro atoms. The summed E-state index contributed by atoms with van der Waals surface area (Å²) in [5, 5.41) is 3.17. The Labute approximate surface area is 175 Å². The minimum absolute atomic E-state index is 0.00581. The molecule has 0 aromatic heterocycles. The van der Waals surface area contributed by atoms with E-state index < -0.39 is 15.6 Å². The summed E-state index contributed by atoms with van der Waals surface area (Å²) in [6, 6.07) is 15.9. The van der Waals surface area contributed by atoms with E-state index in [0.717, 1.165) is 5.56 Å². The van der Waals surface area contributed by atoms with Crippen molar-refractivity contribution < 1.29 is 18.0 Å². The Kier molecular flexibility index (Phi) is 4.82. The zero-order chi connectivity index (χ0) is 21.6. The third-order valence-electron chi connectivity index (χ3n) is 5.10. The molecule has 1 aliphatic carbocycles. The molecule has 0 bridgehead atoms. The van der Waals surface area contributed by atoms with Crippen LogP contribution >= 0.6 is 0 Å². The van der Waals surface area contributed by atoms with Crippen molar-refractivity contribution in [3.05, 3.63) is 88.5 Å². The van der Waals surface area contributed by atoms with Crippen LogP contribution < -0.4 is 5.32 Å². The summed E-state index contributed by atoms with van der Waals surface area (Å²) in [7, 11) is -4.00. The van der Waals surface area contributed by atoms with E-state index in [-0.39, 0.29) is 43.9 Å². The fraction of sp³-hybridized carbons (Fsp3) is 0.167. The molecule has 3 aromatic carbocycles. The van der Waals surface area contributed by atoms with Gasteiger partial charge in [0.25, 0.3) is 0 Å². The van der Waals surface area contributed by atoms with Crippen molar-refractivity contribution in [3.63, 3.8) is 0 Å². The molecule has 4 rings (SSSR count). The van der Waals surface area contributed by atoms with Gasteiger partial charge in [0.15, 0.2) is 11.6 Å². The topological polar surface area (TPSA) is 80.3 Å². The van der Waals surface area contributed by atoms with Gasteiger partial charge in [-0.2, -0.15) is 0 Å². The summed E-state index contributed by atoms with van der Waals surface area (Å²) < 4.78 is 26.9. The lowest BCUT2D eigenvalue weighted by molar-refractivity contribution is 0.0977. The van der Waals surface area contributed by atoms with E-state index in [1.165, 1.54) is 18.2 Å². The molecule has 0 atom stereocenters. The van der Waals surface area contributed by atoms with E-state index in [4.69, 9.17) is 0 Å². The summed E-state index contributed by atoms with van der Waals surface area (Å²) in [6.45, 7) is 5.68. The van der Waals surface area contributed by atoms with Gasteiger partial charge in [0, 0.05) is 22.9 Å². The van der Waals surface area contributed by atoms with Crippen LogP contribution in [0.4, 0.5) is 5.69 Å². The van der Waals surface area contributed by atoms with Gasteiger partial charge in [-0.15, -0.1) is 0 Å². The van der Waals surface area contributed by atoms with Crippen LogP contribution in [0.1, 0.15) is 51.3 Å². The van der Waals surface area contributed by atoms with E-state index in [0.29, 0.717) is 5.69 Å². The minimum atomic E-state index is -4.00. The number of ketones is 2. The van der Waals surface area contributed by atoms with E-state index in [1.54, 1.807) is 42.5 Å². The van der Waals surface area contributed by atoms with Gasteiger partial charge in [0.2, 0.25) is 9.84 Å².